The number of methoxy groups -OCH3 is 1. The molecule has 1 unspecified atom stereocenters. The van der Waals surface area contributed by atoms with Crippen molar-refractivity contribution in [1.82, 2.24) is 14.6 Å². The molecule has 164 valence electrons. The van der Waals surface area contributed by atoms with E-state index in [0.717, 1.165) is 22.4 Å². The Bertz CT molecular complexity index is 1540. The molecule has 1 atom stereocenters. The molecule has 7 heteroatoms. The maximum atomic E-state index is 14.8. The molecule has 33 heavy (non-hydrogen) atoms. The van der Waals surface area contributed by atoms with Crippen LogP contribution in [0.15, 0.2) is 77.6 Å². The predicted molar refractivity (Wildman–Crippen MR) is 128 cm³/mol. The minimum atomic E-state index is -0.299. The second-order valence-corrected chi connectivity index (χ2v) is 8.69. The fourth-order valence-electron chi connectivity index (χ4n) is 3.69. The second-order valence-electron chi connectivity index (χ2n) is 7.68. The minimum absolute atomic E-state index is 0.220. The molecule has 0 aliphatic heterocycles. The molecule has 5 rings (SSSR count). The first-order valence-corrected chi connectivity index (χ1v) is 11.3. The van der Waals surface area contributed by atoms with E-state index >= 15 is 0 Å². The van der Waals surface area contributed by atoms with Crippen LogP contribution in [0.2, 0.25) is 0 Å². The molecule has 5 nitrogen and oxygen atoms in total. The first kappa shape index (κ1) is 21.0. The van der Waals surface area contributed by atoms with Crippen molar-refractivity contribution in [2.24, 2.45) is 0 Å². The molecule has 0 radical (unpaired) electrons. The van der Waals surface area contributed by atoms with Crippen LogP contribution in [0, 0.1) is 5.82 Å². The van der Waals surface area contributed by atoms with Gasteiger partial charge >= 0.3 is 0 Å². The van der Waals surface area contributed by atoms with Gasteiger partial charge in [-0.3, -0.25) is 4.79 Å². The highest BCUT2D eigenvalue weighted by Crippen LogP contribution is 2.28. The lowest BCUT2D eigenvalue weighted by Crippen LogP contribution is -2.24. The van der Waals surface area contributed by atoms with Gasteiger partial charge in [-0.15, -0.1) is 5.10 Å². The van der Waals surface area contributed by atoms with Crippen LogP contribution in [-0.4, -0.2) is 21.7 Å². The van der Waals surface area contributed by atoms with Crippen molar-refractivity contribution < 1.29 is 9.13 Å². The van der Waals surface area contributed by atoms with Gasteiger partial charge in [0.25, 0.3) is 5.56 Å². The highest BCUT2D eigenvalue weighted by molar-refractivity contribution is 7.15. The monoisotopic (exact) mass is 457 g/mol. The number of rotatable bonds is 5. The summed E-state index contributed by atoms with van der Waals surface area (Å²) in [4.78, 5) is 17.9. The summed E-state index contributed by atoms with van der Waals surface area (Å²) in [5.41, 5.74) is 2.79. The average Bonchev–Trinajstić information content (AvgIpc) is 3.39. The van der Waals surface area contributed by atoms with Gasteiger partial charge in [0.1, 0.15) is 11.6 Å². The number of nitrogens with zero attached hydrogens (tertiary/aromatic N) is 3. The molecule has 0 spiro atoms. The van der Waals surface area contributed by atoms with Crippen LogP contribution in [0.5, 0.6) is 5.75 Å². The van der Waals surface area contributed by atoms with Crippen molar-refractivity contribution in [3.8, 4) is 16.9 Å². The molecule has 0 aliphatic rings. The Morgan fingerprint density at radius 2 is 1.82 bits per heavy atom. The van der Waals surface area contributed by atoms with E-state index in [1.807, 2.05) is 73.7 Å². The Kier molecular flexibility index (Phi) is 5.48. The van der Waals surface area contributed by atoms with Crippen LogP contribution >= 0.6 is 11.3 Å². The van der Waals surface area contributed by atoms with Gasteiger partial charge in [-0.2, -0.15) is 4.52 Å². The van der Waals surface area contributed by atoms with Gasteiger partial charge in [0, 0.05) is 11.5 Å². The highest BCUT2D eigenvalue weighted by atomic mass is 32.1. The SMILES string of the molecule is COc1ccc(/C=c2\sc3nc(C(C)c4ccc(-c5ccccc5)c(F)c4)nn3c2=O)cc1. The van der Waals surface area contributed by atoms with Crippen LogP contribution in [0.3, 0.4) is 0 Å². The molecule has 2 aromatic heterocycles. The molecule has 0 fully saturated rings. The summed E-state index contributed by atoms with van der Waals surface area (Å²) < 4.78 is 21.9. The summed E-state index contributed by atoms with van der Waals surface area (Å²) >= 11 is 1.28. The Hall–Kier alpha value is -3.84. The van der Waals surface area contributed by atoms with Gasteiger partial charge in [0.15, 0.2) is 5.82 Å². The Labute approximate surface area is 193 Å². The van der Waals surface area contributed by atoms with Crippen LogP contribution < -0.4 is 14.8 Å². The lowest BCUT2D eigenvalue weighted by atomic mass is 9.96. The van der Waals surface area contributed by atoms with E-state index in [2.05, 4.69) is 10.1 Å². The molecule has 0 N–H and O–H groups in total. The molecule has 0 amide bonds. The maximum Gasteiger partial charge on any atom is 0.291 e. The second kappa shape index (κ2) is 8.60. The molecular formula is C26H20FN3O2S. The minimum Gasteiger partial charge on any atom is -0.497 e. The van der Waals surface area contributed by atoms with Gasteiger partial charge < -0.3 is 4.74 Å². The first-order valence-electron chi connectivity index (χ1n) is 10.4. The quantitative estimate of drug-likeness (QED) is 0.385. The summed E-state index contributed by atoms with van der Waals surface area (Å²) in [6, 6.07) is 22.0. The van der Waals surface area contributed by atoms with Crippen LogP contribution in [0.25, 0.3) is 22.2 Å². The first-order chi connectivity index (χ1) is 16.0. The summed E-state index contributed by atoms with van der Waals surface area (Å²) in [6.07, 6.45) is 1.81. The molecular weight excluding hydrogens is 437 g/mol. The number of aromatic nitrogens is 3. The normalized spacial score (nSPS) is 12.9. The van der Waals surface area contributed by atoms with Crippen molar-refractivity contribution in [1.29, 1.82) is 0 Å². The van der Waals surface area contributed by atoms with E-state index in [0.29, 0.717) is 20.9 Å². The third-order valence-corrected chi connectivity index (χ3v) is 6.54. The lowest BCUT2D eigenvalue weighted by molar-refractivity contribution is 0.415. The molecule has 5 aromatic rings. The van der Waals surface area contributed by atoms with Crippen LogP contribution in [0.1, 0.15) is 29.8 Å². The maximum absolute atomic E-state index is 14.8. The van der Waals surface area contributed by atoms with Crippen molar-refractivity contribution in [2.75, 3.05) is 7.11 Å². The number of hydrogen-bond acceptors (Lipinski definition) is 5. The number of fused-ring (bicyclic) bond motifs is 1. The lowest BCUT2D eigenvalue weighted by Gasteiger charge is -2.10. The number of benzene rings is 3. The topological polar surface area (TPSA) is 56.5 Å². The molecule has 0 saturated carbocycles. The highest BCUT2D eigenvalue weighted by Gasteiger charge is 2.19. The average molecular weight is 458 g/mol. The smallest absolute Gasteiger partial charge is 0.291 e. The van der Waals surface area contributed by atoms with E-state index in [-0.39, 0.29) is 17.3 Å². The van der Waals surface area contributed by atoms with Crippen molar-refractivity contribution in [2.45, 2.75) is 12.8 Å². The molecule has 0 bridgehead atoms. The fourth-order valence-corrected chi connectivity index (χ4v) is 4.60. The van der Waals surface area contributed by atoms with Gasteiger partial charge in [0.05, 0.1) is 11.6 Å². The zero-order valence-electron chi connectivity index (χ0n) is 18.0. The van der Waals surface area contributed by atoms with E-state index in [1.165, 1.54) is 21.9 Å². The van der Waals surface area contributed by atoms with Crippen molar-refractivity contribution in [3.05, 3.63) is 110 Å². The van der Waals surface area contributed by atoms with Gasteiger partial charge in [0.2, 0.25) is 4.96 Å². The van der Waals surface area contributed by atoms with E-state index < -0.39 is 0 Å². The van der Waals surface area contributed by atoms with Crippen molar-refractivity contribution >= 4 is 22.4 Å². The van der Waals surface area contributed by atoms with E-state index in [4.69, 9.17) is 4.74 Å². The Balaban J connectivity index is 1.45. The summed E-state index contributed by atoms with van der Waals surface area (Å²) in [5, 5.41) is 4.43. The standard InChI is InChI=1S/C26H20FN3O2S/c1-16(19-10-13-21(22(27)15-19)18-6-4-3-5-7-18)24-28-26-30(29-24)25(31)23(33-26)14-17-8-11-20(32-2)12-9-17/h3-16H,1-2H3/b23-14-. The third-order valence-electron chi connectivity index (χ3n) is 5.58. The van der Waals surface area contributed by atoms with Crippen LogP contribution in [0.4, 0.5) is 4.39 Å². The zero-order chi connectivity index (χ0) is 22.9. The molecule has 0 aliphatic carbocycles. The summed E-state index contributed by atoms with van der Waals surface area (Å²) in [6.45, 7) is 1.91. The van der Waals surface area contributed by atoms with Crippen LogP contribution in [-0.2, 0) is 0 Å². The zero-order valence-corrected chi connectivity index (χ0v) is 18.8. The fraction of sp³-hybridized carbons (Fsp3) is 0.115. The van der Waals surface area contributed by atoms with E-state index in [1.54, 1.807) is 13.2 Å². The van der Waals surface area contributed by atoms with Gasteiger partial charge in [-0.1, -0.05) is 72.9 Å². The summed E-state index contributed by atoms with van der Waals surface area (Å²) in [7, 11) is 1.61. The van der Waals surface area contributed by atoms with Gasteiger partial charge in [-0.25, -0.2) is 9.37 Å². The van der Waals surface area contributed by atoms with E-state index in [9.17, 15) is 9.18 Å². The number of halogens is 1. The number of thiazole rings is 1. The van der Waals surface area contributed by atoms with Crippen molar-refractivity contribution in [3.63, 3.8) is 0 Å². The number of hydrogen-bond donors (Lipinski definition) is 0. The molecule has 3 aromatic carbocycles. The summed E-state index contributed by atoms with van der Waals surface area (Å²) in [5.74, 6) is 0.683. The molecule has 2 heterocycles. The third kappa shape index (κ3) is 4.03. The Morgan fingerprint density at radius 1 is 1.06 bits per heavy atom. The van der Waals surface area contributed by atoms with Gasteiger partial charge in [-0.05, 0) is 41.0 Å². The largest absolute Gasteiger partial charge is 0.497 e. The molecule has 0 saturated heterocycles. The number of ether oxygens (including phenoxy) is 1. The predicted octanol–water partition coefficient (Wildman–Crippen LogP) is 4.67. The Morgan fingerprint density at radius 3 is 2.48 bits per heavy atom.